The van der Waals surface area contributed by atoms with E-state index in [4.69, 9.17) is 4.42 Å². The number of nitrogens with zero attached hydrogens (tertiary/aromatic N) is 1. The predicted molar refractivity (Wildman–Crippen MR) is 125 cm³/mol. The van der Waals surface area contributed by atoms with Crippen LogP contribution in [-0.4, -0.2) is 29.3 Å². The fourth-order valence-electron chi connectivity index (χ4n) is 4.17. The lowest BCUT2D eigenvalue weighted by atomic mass is 9.83. The molecule has 7 nitrogen and oxygen atoms in total. The van der Waals surface area contributed by atoms with E-state index in [-0.39, 0.29) is 22.2 Å². The number of carboxylic acids is 1. The van der Waals surface area contributed by atoms with Gasteiger partial charge in [0.2, 0.25) is 0 Å². The van der Waals surface area contributed by atoms with Crippen molar-refractivity contribution in [1.82, 2.24) is 0 Å². The van der Waals surface area contributed by atoms with Gasteiger partial charge < -0.3 is 24.8 Å². The highest BCUT2D eigenvalue weighted by Crippen LogP contribution is 2.35. The number of piperidine rings is 1. The van der Waals surface area contributed by atoms with E-state index in [1.54, 1.807) is 24.3 Å². The summed E-state index contributed by atoms with van der Waals surface area (Å²) in [6.07, 6.45) is 2.00. The molecule has 2 aromatic carbocycles. The third-order valence-electron chi connectivity index (χ3n) is 6.25. The average molecular weight is 437 g/mol. The highest BCUT2D eigenvalue weighted by Gasteiger charge is 2.27. The number of hydrogen-bond donors (Lipinski definition) is 3. The van der Waals surface area contributed by atoms with E-state index in [0.717, 1.165) is 25.9 Å². The first kappa shape index (κ1) is 21.7. The standard InChI is InChI=1S/C25H28N2O5/c1-15(26-20-7-5-4-6-17(20)24(30)31)18-12-16(28)13-19-21(29)14-22(32-23(18)19)27-10-8-25(2,3)9-11-27/h4-7,12-15,26,28H,8-11H2,1-3H3,(H,30,31). The molecule has 1 aliphatic rings. The van der Waals surface area contributed by atoms with Crippen molar-refractivity contribution in [3.05, 3.63) is 63.8 Å². The number of phenolic OH excluding ortho intramolecular Hbond substituents is 1. The molecule has 0 radical (unpaired) electrons. The summed E-state index contributed by atoms with van der Waals surface area (Å²) in [5, 5.41) is 23.2. The second-order valence-corrected chi connectivity index (χ2v) is 9.23. The summed E-state index contributed by atoms with van der Waals surface area (Å²) in [4.78, 5) is 26.6. The summed E-state index contributed by atoms with van der Waals surface area (Å²) >= 11 is 0. The molecule has 3 aromatic rings. The quantitative estimate of drug-likeness (QED) is 0.517. The van der Waals surface area contributed by atoms with Crippen LogP contribution in [0.15, 0.2) is 51.7 Å². The van der Waals surface area contributed by atoms with Gasteiger partial charge >= 0.3 is 5.97 Å². The first-order valence-corrected chi connectivity index (χ1v) is 10.8. The molecule has 0 saturated carbocycles. The normalized spacial score (nSPS) is 16.7. The smallest absolute Gasteiger partial charge is 0.337 e. The van der Waals surface area contributed by atoms with Crippen molar-refractivity contribution in [1.29, 1.82) is 0 Å². The largest absolute Gasteiger partial charge is 0.508 e. The van der Waals surface area contributed by atoms with Crippen molar-refractivity contribution in [2.75, 3.05) is 23.3 Å². The number of carboxylic acid groups (broad SMARTS) is 1. The summed E-state index contributed by atoms with van der Waals surface area (Å²) < 4.78 is 6.23. The zero-order valence-electron chi connectivity index (χ0n) is 18.5. The molecule has 2 heterocycles. The van der Waals surface area contributed by atoms with Crippen LogP contribution in [0.4, 0.5) is 11.6 Å². The van der Waals surface area contributed by atoms with E-state index in [1.807, 2.05) is 6.92 Å². The van der Waals surface area contributed by atoms with Gasteiger partial charge in [0.25, 0.3) is 0 Å². The maximum atomic E-state index is 12.9. The molecule has 3 N–H and O–H groups in total. The monoisotopic (exact) mass is 436 g/mol. The topological polar surface area (TPSA) is 103 Å². The van der Waals surface area contributed by atoms with Gasteiger partial charge in [-0.3, -0.25) is 4.79 Å². The van der Waals surface area contributed by atoms with E-state index in [0.29, 0.717) is 28.1 Å². The Bertz CT molecular complexity index is 1220. The van der Waals surface area contributed by atoms with Crippen molar-refractivity contribution < 1.29 is 19.4 Å². The molecule has 32 heavy (non-hydrogen) atoms. The van der Waals surface area contributed by atoms with E-state index in [2.05, 4.69) is 24.1 Å². The minimum absolute atomic E-state index is 0.0487. The second-order valence-electron chi connectivity index (χ2n) is 9.23. The van der Waals surface area contributed by atoms with Crippen LogP contribution in [0.2, 0.25) is 0 Å². The minimum atomic E-state index is -1.04. The Kier molecular flexibility index (Phi) is 5.59. The molecule has 4 rings (SSSR count). The molecule has 1 aliphatic heterocycles. The fourth-order valence-corrected chi connectivity index (χ4v) is 4.17. The maximum absolute atomic E-state index is 12.9. The van der Waals surface area contributed by atoms with Crippen LogP contribution in [0.3, 0.4) is 0 Å². The molecular formula is C25H28N2O5. The molecule has 1 saturated heterocycles. The first-order valence-electron chi connectivity index (χ1n) is 10.8. The Balaban J connectivity index is 1.75. The summed E-state index contributed by atoms with van der Waals surface area (Å²) in [7, 11) is 0. The van der Waals surface area contributed by atoms with Crippen LogP contribution < -0.4 is 15.6 Å². The van der Waals surface area contributed by atoms with E-state index < -0.39 is 12.0 Å². The van der Waals surface area contributed by atoms with Crippen molar-refractivity contribution in [3.63, 3.8) is 0 Å². The Morgan fingerprint density at radius 3 is 2.53 bits per heavy atom. The number of hydrogen-bond acceptors (Lipinski definition) is 6. The number of aromatic carboxylic acids is 1. The van der Waals surface area contributed by atoms with Crippen LogP contribution in [0.1, 0.15) is 55.6 Å². The maximum Gasteiger partial charge on any atom is 0.337 e. The van der Waals surface area contributed by atoms with Gasteiger partial charge in [0.1, 0.15) is 11.3 Å². The van der Waals surface area contributed by atoms with Gasteiger partial charge in [-0.2, -0.15) is 0 Å². The summed E-state index contributed by atoms with van der Waals surface area (Å²) in [5.41, 5.74) is 1.60. The molecule has 0 amide bonds. The number of carbonyl (C=O) groups is 1. The Hall–Kier alpha value is -3.48. The van der Waals surface area contributed by atoms with Gasteiger partial charge in [0.05, 0.1) is 17.0 Å². The van der Waals surface area contributed by atoms with Gasteiger partial charge in [-0.25, -0.2) is 4.79 Å². The molecule has 1 unspecified atom stereocenters. The lowest BCUT2D eigenvalue weighted by molar-refractivity contribution is 0.0698. The van der Waals surface area contributed by atoms with Gasteiger partial charge in [0, 0.05) is 30.4 Å². The molecule has 7 heteroatoms. The van der Waals surface area contributed by atoms with E-state index in [1.165, 1.54) is 18.2 Å². The minimum Gasteiger partial charge on any atom is -0.508 e. The van der Waals surface area contributed by atoms with Crippen LogP contribution in [-0.2, 0) is 0 Å². The fraction of sp³-hybridized carbons (Fsp3) is 0.360. The number of rotatable bonds is 5. The van der Waals surface area contributed by atoms with Crippen molar-refractivity contribution in [3.8, 4) is 5.75 Å². The highest BCUT2D eigenvalue weighted by atomic mass is 16.4. The SMILES string of the molecule is CC(Nc1ccccc1C(=O)O)c1cc(O)cc2c(=O)cc(N3CCC(C)(C)CC3)oc12. The van der Waals surface area contributed by atoms with Crippen molar-refractivity contribution in [2.24, 2.45) is 5.41 Å². The van der Waals surface area contributed by atoms with Gasteiger partial charge in [0.15, 0.2) is 11.3 Å². The number of aromatic hydroxyl groups is 1. The summed E-state index contributed by atoms with van der Waals surface area (Å²) in [6, 6.07) is 10.6. The highest BCUT2D eigenvalue weighted by molar-refractivity contribution is 5.94. The number of phenols is 1. The molecule has 1 aromatic heterocycles. The number of fused-ring (bicyclic) bond motifs is 1. The third kappa shape index (κ3) is 4.28. The Morgan fingerprint density at radius 2 is 1.84 bits per heavy atom. The third-order valence-corrected chi connectivity index (χ3v) is 6.25. The summed E-state index contributed by atoms with van der Waals surface area (Å²) in [5.74, 6) is -0.571. The first-order chi connectivity index (χ1) is 15.1. The van der Waals surface area contributed by atoms with Crippen LogP contribution >= 0.6 is 0 Å². The zero-order chi connectivity index (χ0) is 23.0. The number of nitrogens with one attached hydrogen (secondary N) is 1. The Morgan fingerprint density at radius 1 is 1.16 bits per heavy atom. The summed E-state index contributed by atoms with van der Waals surface area (Å²) in [6.45, 7) is 7.92. The molecule has 1 atom stereocenters. The van der Waals surface area contributed by atoms with Crippen molar-refractivity contribution >= 4 is 28.5 Å². The van der Waals surface area contributed by atoms with Crippen LogP contribution in [0, 0.1) is 5.41 Å². The average Bonchev–Trinajstić information content (AvgIpc) is 2.74. The van der Waals surface area contributed by atoms with Gasteiger partial charge in [-0.1, -0.05) is 26.0 Å². The van der Waals surface area contributed by atoms with Crippen LogP contribution in [0.25, 0.3) is 11.0 Å². The lowest BCUT2D eigenvalue weighted by Gasteiger charge is -2.37. The molecular weight excluding hydrogens is 408 g/mol. The predicted octanol–water partition coefficient (Wildman–Crippen LogP) is 5.00. The Labute approximate surface area is 186 Å². The number of para-hydroxylation sites is 1. The molecule has 1 fully saturated rings. The van der Waals surface area contributed by atoms with Crippen molar-refractivity contribution in [2.45, 2.75) is 39.7 Å². The molecule has 0 bridgehead atoms. The second kappa shape index (κ2) is 8.22. The van der Waals surface area contributed by atoms with Crippen LogP contribution in [0.5, 0.6) is 5.75 Å². The number of benzene rings is 2. The number of anilines is 2. The van der Waals surface area contributed by atoms with Gasteiger partial charge in [-0.15, -0.1) is 0 Å². The molecule has 0 aliphatic carbocycles. The van der Waals surface area contributed by atoms with E-state index >= 15 is 0 Å². The van der Waals surface area contributed by atoms with Gasteiger partial charge in [-0.05, 0) is 49.4 Å². The molecule has 0 spiro atoms. The molecule has 168 valence electrons. The zero-order valence-corrected chi connectivity index (χ0v) is 18.5. The lowest BCUT2D eigenvalue weighted by Crippen LogP contribution is -2.37. The van der Waals surface area contributed by atoms with E-state index in [9.17, 15) is 19.8 Å².